The first-order valence-corrected chi connectivity index (χ1v) is 6.85. The monoisotopic (exact) mass is 332 g/mol. The van der Waals surface area contributed by atoms with E-state index in [4.69, 9.17) is 11.6 Å². The standard InChI is InChI=1S/C14H10ClFN6O/c15-10-6-9(2-3-11(10)16)20-14(23)21-12-7-13(18-8-17-12)22-5-1-4-19-22/h1-8H,(H2,17,18,20,21,23). The minimum Gasteiger partial charge on any atom is -0.308 e. The summed E-state index contributed by atoms with van der Waals surface area (Å²) < 4.78 is 14.6. The van der Waals surface area contributed by atoms with Gasteiger partial charge >= 0.3 is 6.03 Å². The fourth-order valence-corrected chi connectivity index (χ4v) is 1.98. The summed E-state index contributed by atoms with van der Waals surface area (Å²) in [5.74, 6) is 0.235. The van der Waals surface area contributed by atoms with Gasteiger partial charge in [0, 0.05) is 24.1 Å². The maximum atomic E-state index is 13.1. The first-order valence-electron chi connectivity index (χ1n) is 6.47. The van der Waals surface area contributed by atoms with Gasteiger partial charge in [0.2, 0.25) is 0 Å². The number of halogens is 2. The number of amides is 2. The molecule has 0 unspecified atom stereocenters. The molecule has 2 N–H and O–H groups in total. The molecule has 1 aromatic carbocycles. The molecular weight excluding hydrogens is 323 g/mol. The number of urea groups is 1. The summed E-state index contributed by atoms with van der Waals surface area (Å²) in [5, 5.41) is 9.04. The van der Waals surface area contributed by atoms with Crippen molar-refractivity contribution in [1.82, 2.24) is 19.7 Å². The van der Waals surface area contributed by atoms with Gasteiger partial charge in [-0.05, 0) is 24.3 Å². The minimum atomic E-state index is -0.558. The van der Waals surface area contributed by atoms with Gasteiger partial charge in [0.05, 0.1) is 5.02 Å². The average molecular weight is 333 g/mol. The molecule has 3 rings (SSSR count). The van der Waals surface area contributed by atoms with Gasteiger partial charge in [-0.2, -0.15) is 5.10 Å². The first kappa shape index (κ1) is 14.9. The number of nitrogens with zero attached hydrogens (tertiary/aromatic N) is 4. The predicted octanol–water partition coefficient (Wildman–Crippen LogP) is 3.10. The lowest BCUT2D eigenvalue weighted by molar-refractivity contribution is 0.262. The Balaban J connectivity index is 1.70. The highest BCUT2D eigenvalue weighted by molar-refractivity contribution is 6.31. The molecule has 2 aromatic heterocycles. The first-order chi connectivity index (χ1) is 11.1. The quantitative estimate of drug-likeness (QED) is 0.771. The van der Waals surface area contributed by atoms with Crippen LogP contribution in [0.1, 0.15) is 0 Å². The molecule has 0 spiro atoms. The molecule has 3 aromatic rings. The maximum absolute atomic E-state index is 13.1. The minimum absolute atomic E-state index is 0.0780. The summed E-state index contributed by atoms with van der Waals surface area (Å²) >= 11 is 5.66. The molecule has 0 saturated heterocycles. The van der Waals surface area contributed by atoms with Crippen LogP contribution >= 0.6 is 11.6 Å². The van der Waals surface area contributed by atoms with Gasteiger partial charge in [0.25, 0.3) is 0 Å². The van der Waals surface area contributed by atoms with Crippen LogP contribution in [-0.4, -0.2) is 25.8 Å². The Kier molecular flexibility index (Phi) is 4.15. The van der Waals surface area contributed by atoms with Gasteiger partial charge in [-0.15, -0.1) is 0 Å². The zero-order chi connectivity index (χ0) is 16.2. The van der Waals surface area contributed by atoms with Crippen molar-refractivity contribution in [2.24, 2.45) is 0 Å². The molecule has 23 heavy (non-hydrogen) atoms. The van der Waals surface area contributed by atoms with Crippen LogP contribution in [0.4, 0.5) is 20.7 Å². The molecule has 9 heteroatoms. The van der Waals surface area contributed by atoms with Crippen LogP contribution in [0.15, 0.2) is 49.1 Å². The van der Waals surface area contributed by atoms with Gasteiger partial charge in [-0.1, -0.05) is 11.6 Å². The SMILES string of the molecule is O=C(Nc1ccc(F)c(Cl)c1)Nc1cc(-n2cccn2)ncn1. The number of benzene rings is 1. The van der Waals surface area contributed by atoms with Crippen molar-refractivity contribution in [3.8, 4) is 5.82 Å². The number of nitrogens with one attached hydrogen (secondary N) is 2. The van der Waals surface area contributed by atoms with Crippen molar-refractivity contribution in [2.75, 3.05) is 10.6 Å². The molecule has 0 aliphatic heterocycles. The van der Waals surface area contributed by atoms with Gasteiger partial charge in [0.15, 0.2) is 5.82 Å². The lowest BCUT2D eigenvalue weighted by atomic mass is 10.3. The second-order valence-corrected chi connectivity index (χ2v) is 4.83. The van der Waals surface area contributed by atoms with Crippen LogP contribution in [0.2, 0.25) is 5.02 Å². The van der Waals surface area contributed by atoms with Crippen LogP contribution in [0, 0.1) is 5.82 Å². The Morgan fingerprint density at radius 1 is 1.22 bits per heavy atom. The third kappa shape index (κ3) is 3.61. The van der Waals surface area contributed by atoms with Gasteiger partial charge in [-0.3, -0.25) is 5.32 Å². The summed E-state index contributed by atoms with van der Waals surface area (Å²) in [5.41, 5.74) is 0.357. The van der Waals surface area contributed by atoms with Crippen LogP contribution < -0.4 is 10.6 Å². The summed E-state index contributed by atoms with van der Waals surface area (Å²) in [6.07, 6.45) is 4.63. The lowest BCUT2D eigenvalue weighted by Crippen LogP contribution is -2.20. The average Bonchev–Trinajstić information content (AvgIpc) is 3.05. The molecule has 7 nitrogen and oxygen atoms in total. The smallest absolute Gasteiger partial charge is 0.308 e. The second kappa shape index (κ2) is 6.41. The Hall–Kier alpha value is -3.00. The Morgan fingerprint density at radius 3 is 2.83 bits per heavy atom. The number of rotatable bonds is 3. The zero-order valence-corrected chi connectivity index (χ0v) is 12.3. The van der Waals surface area contributed by atoms with Crippen molar-refractivity contribution < 1.29 is 9.18 Å². The van der Waals surface area contributed by atoms with Crippen molar-refractivity contribution in [1.29, 1.82) is 0 Å². The van der Waals surface area contributed by atoms with Crippen LogP contribution in [0.25, 0.3) is 5.82 Å². The maximum Gasteiger partial charge on any atom is 0.324 e. The number of carbonyl (C=O) groups is 1. The molecule has 2 amide bonds. The third-order valence-electron chi connectivity index (χ3n) is 2.81. The number of aromatic nitrogens is 4. The Bertz CT molecular complexity index is 839. The molecule has 0 atom stereocenters. The van der Waals surface area contributed by atoms with Crippen molar-refractivity contribution in [3.05, 3.63) is 59.9 Å². The van der Waals surface area contributed by atoms with Crippen LogP contribution in [-0.2, 0) is 0 Å². The van der Waals surface area contributed by atoms with Gasteiger partial charge in [0.1, 0.15) is 18.0 Å². The molecule has 0 radical (unpaired) electrons. The molecule has 0 bridgehead atoms. The van der Waals surface area contributed by atoms with E-state index in [1.54, 1.807) is 24.5 Å². The van der Waals surface area contributed by atoms with E-state index < -0.39 is 11.8 Å². The molecular formula is C14H10ClFN6O. The van der Waals surface area contributed by atoms with Crippen molar-refractivity contribution in [3.63, 3.8) is 0 Å². The van der Waals surface area contributed by atoms with E-state index in [-0.39, 0.29) is 10.8 Å². The zero-order valence-electron chi connectivity index (χ0n) is 11.6. The summed E-state index contributed by atoms with van der Waals surface area (Å²) in [6, 6.07) is 6.64. The molecule has 0 saturated carbocycles. The van der Waals surface area contributed by atoms with Gasteiger partial charge < -0.3 is 5.32 Å². The highest BCUT2D eigenvalue weighted by Gasteiger charge is 2.07. The van der Waals surface area contributed by atoms with E-state index in [0.717, 1.165) is 0 Å². The largest absolute Gasteiger partial charge is 0.324 e. The summed E-state index contributed by atoms with van der Waals surface area (Å²) in [7, 11) is 0. The van der Waals surface area contributed by atoms with Crippen LogP contribution in [0.5, 0.6) is 0 Å². The molecule has 0 fully saturated rings. The highest BCUT2D eigenvalue weighted by atomic mass is 35.5. The van der Waals surface area contributed by atoms with E-state index in [9.17, 15) is 9.18 Å². The number of hydrogen-bond donors (Lipinski definition) is 2. The molecule has 2 heterocycles. The molecule has 0 aliphatic rings. The second-order valence-electron chi connectivity index (χ2n) is 4.42. The van der Waals surface area contributed by atoms with E-state index in [1.165, 1.54) is 29.2 Å². The van der Waals surface area contributed by atoms with E-state index >= 15 is 0 Å². The topological polar surface area (TPSA) is 84.7 Å². The fourth-order valence-electron chi connectivity index (χ4n) is 1.80. The van der Waals surface area contributed by atoms with Gasteiger partial charge in [-0.25, -0.2) is 23.8 Å². The van der Waals surface area contributed by atoms with E-state index in [0.29, 0.717) is 11.5 Å². The summed E-state index contributed by atoms with van der Waals surface area (Å²) in [4.78, 5) is 19.9. The highest BCUT2D eigenvalue weighted by Crippen LogP contribution is 2.19. The van der Waals surface area contributed by atoms with E-state index in [2.05, 4.69) is 25.7 Å². The number of hydrogen-bond acceptors (Lipinski definition) is 4. The van der Waals surface area contributed by atoms with E-state index in [1.807, 2.05) is 0 Å². The number of carbonyl (C=O) groups excluding carboxylic acids is 1. The van der Waals surface area contributed by atoms with Crippen LogP contribution in [0.3, 0.4) is 0 Å². The van der Waals surface area contributed by atoms with Crippen molar-refractivity contribution >= 4 is 29.1 Å². The fraction of sp³-hybridized carbons (Fsp3) is 0. The summed E-state index contributed by atoms with van der Waals surface area (Å²) in [6.45, 7) is 0. The molecule has 116 valence electrons. The predicted molar refractivity (Wildman–Crippen MR) is 83.2 cm³/mol. The Morgan fingerprint density at radius 2 is 2.09 bits per heavy atom. The lowest BCUT2D eigenvalue weighted by Gasteiger charge is -2.08. The third-order valence-corrected chi connectivity index (χ3v) is 3.10. The number of anilines is 2. The normalized spacial score (nSPS) is 10.3. The molecule has 0 aliphatic carbocycles. The Labute approximate surface area is 135 Å². The van der Waals surface area contributed by atoms with Crippen molar-refractivity contribution in [2.45, 2.75) is 0 Å².